The number of carboxylic acids is 1. The van der Waals surface area contributed by atoms with Crippen molar-refractivity contribution in [3.63, 3.8) is 0 Å². The van der Waals surface area contributed by atoms with Gasteiger partial charge in [-0.3, -0.25) is 20.1 Å². The Bertz CT molecular complexity index is 723. The third-order valence-corrected chi connectivity index (χ3v) is 4.44. The molecule has 1 aliphatic heterocycles. The van der Waals surface area contributed by atoms with Crippen LogP contribution in [0, 0.1) is 10.1 Å². The van der Waals surface area contributed by atoms with Gasteiger partial charge in [-0.2, -0.15) is 13.2 Å². The highest BCUT2D eigenvalue weighted by Crippen LogP contribution is 2.54. The zero-order chi connectivity index (χ0) is 17.7. The first-order valence-electron chi connectivity index (χ1n) is 5.54. The fraction of sp³-hybridized carbons (Fsp3) is 0.200. The van der Waals surface area contributed by atoms with Gasteiger partial charge in [0.2, 0.25) is 0 Å². The molecular formula is C10H6F3N3O6S. The van der Waals surface area contributed by atoms with Crippen molar-refractivity contribution in [3.8, 4) is 0 Å². The summed E-state index contributed by atoms with van der Waals surface area (Å²) in [6.45, 7) is 0. The largest absolute Gasteiger partial charge is 0.478 e. The molecule has 1 amide bonds. The van der Waals surface area contributed by atoms with Gasteiger partial charge in [0.25, 0.3) is 16.5 Å². The zero-order valence-electron chi connectivity index (χ0n) is 10.7. The number of nitrogens with two attached hydrogens (primary N) is 1. The number of aliphatic carboxylic acids is 1. The van der Waals surface area contributed by atoms with Crippen LogP contribution in [0.1, 0.15) is 5.56 Å². The lowest BCUT2D eigenvalue weighted by Crippen LogP contribution is -2.57. The molecule has 0 radical (unpaired) electrons. The Kier molecular flexibility index (Phi) is 3.65. The van der Waals surface area contributed by atoms with Crippen LogP contribution >= 0.6 is 11.8 Å². The van der Waals surface area contributed by atoms with Crippen molar-refractivity contribution in [3.05, 3.63) is 27.8 Å². The van der Waals surface area contributed by atoms with Gasteiger partial charge in [-0.15, -0.1) is 0 Å². The number of amides is 1. The van der Waals surface area contributed by atoms with Crippen LogP contribution in [-0.2, 0) is 15.8 Å². The van der Waals surface area contributed by atoms with Crippen molar-refractivity contribution in [1.82, 2.24) is 0 Å². The van der Waals surface area contributed by atoms with Crippen LogP contribution in [0.5, 0.6) is 0 Å². The summed E-state index contributed by atoms with van der Waals surface area (Å²) in [6.07, 6.45) is -4.99. The first-order valence-corrected chi connectivity index (χ1v) is 6.35. The van der Waals surface area contributed by atoms with E-state index in [-0.39, 0.29) is 22.9 Å². The Morgan fingerprint density at radius 1 is 1.39 bits per heavy atom. The maximum atomic E-state index is 12.8. The molecule has 23 heavy (non-hydrogen) atoms. The first-order chi connectivity index (χ1) is 10.4. The summed E-state index contributed by atoms with van der Waals surface area (Å²) < 4.78 is 38.4. The average Bonchev–Trinajstić information content (AvgIpc) is 2.71. The van der Waals surface area contributed by atoms with E-state index in [1.54, 1.807) is 0 Å². The van der Waals surface area contributed by atoms with Crippen molar-refractivity contribution in [2.45, 2.75) is 15.9 Å². The molecule has 0 aliphatic carbocycles. The van der Waals surface area contributed by atoms with E-state index in [2.05, 4.69) is 0 Å². The summed E-state index contributed by atoms with van der Waals surface area (Å²) >= 11 is -0.0250. The second-order valence-corrected chi connectivity index (χ2v) is 5.53. The van der Waals surface area contributed by atoms with Crippen LogP contribution in [0.3, 0.4) is 0 Å². The Morgan fingerprint density at radius 2 is 1.96 bits per heavy atom. The van der Waals surface area contributed by atoms with Gasteiger partial charge >= 0.3 is 12.1 Å². The highest BCUT2D eigenvalue weighted by atomic mass is 32.2. The van der Waals surface area contributed by atoms with Crippen molar-refractivity contribution in [1.29, 1.82) is 0 Å². The molecule has 2 rings (SSSR count). The summed E-state index contributed by atoms with van der Waals surface area (Å²) in [4.78, 5) is 29.0. The lowest BCUT2D eigenvalue weighted by molar-refractivity contribution is -0.387. The van der Waals surface area contributed by atoms with E-state index in [1.807, 2.05) is 0 Å². The van der Waals surface area contributed by atoms with Gasteiger partial charge < -0.3 is 10.8 Å². The molecular weight excluding hydrogens is 347 g/mol. The molecule has 0 aromatic heterocycles. The number of hydrogen-bond acceptors (Lipinski definition) is 7. The number of nitro groups is 1. The van der Waals surface area contributed by atoms with Crippen molar-refractivity contribution < 1.29 is 38.0 Å². The topological polar surface area (TPSA) is 147 Å². The Labute approximate surface area is 128 Å². The van der Waals surface area contributed by atoms with Crippen molar-refractivity contribution in [2.24, 2.45) is 5.73 Å². The third kappa shape index (κ3) is 2.33. The number of halogens is 3. The molecule has 1 unspecified atom stereocenters. The molecule has 4 N–H and O–H groups in total. The molecule has 1 aromatic rings. The number of fused-ring (bicyclic) bond motifs is 1. The maximum absolute atomic E-state index is 12.8. The number of primary amides is 1. The van der Waals surface area contributed by atoms with Gasteiger partial charge in [0.15, 0.2) is 0 Å². The molecule has 0 saturated heterocycles. The number of hydroxylamine groups is 1. The summed E-state index contributed by atoms with van der Waals surface area (Å²) in [7, 11) is 0. The number of nitrogens with zero attached hydrogens (tertiary/aromatic N) is 2. The van der Waals surface area contributed by atoms with E-state index in [4.69, 9.17) is 10.8 Å². The molecule has 1 aromatic carbocycles. The van der Waals surface area contributed by atoms with Gasteiger partial charge in [-0.1, -0.05) is 11.8 Å². The third-order valence-electron chi connectivity index (χ3n) is 2.97. The van der Waals surface area contributed by atoms with Gasteiger partial charge in [0.05, 0.1) is 16.2 Å². The number of carboxylic acid groups (broad SMARTS) is 1. The van der Waals surface area contributed by atoms with Crippen molar-refractivity contribution in [2.75, 3.05) is 5.06 Å². The normalized spacial score (nSPS) is 20.3. The van der Waals surface area contributed by atoms with E-state index >= 15 is 0 Å². The Balaban J connectivity index is 2.78. The minimum absolute atomic E-state index is 0.0250. The summed E-state index contributed by atoms with van der Waals surface area (Å²) in [6, 6.07) is 0.474. The summed E-state index contributed by atoms with van der Waals surface area (Å²) in [5.74, 6) is -3.60. The van der Waals surface area contributed by atoms with Crippen LogP contribution in [0.15, 0.2) is 17.0 Å². The zero-order valence-corrected chi connectivity index (χ0v) is 11.5. The highest BCUT2D eigenvalue weighted by molar-refractivity contribution is 8.03. The van der Waals surface area contributed by atoms with Crippen LogP contribution in [0.2, 0.25) is 0 Å². The van der Waals surface area contributed by atoms with Gasteiger partial charge in [0.1, 0.15) is 4.90 Å². The van der Waals surface area contributed by atoms with E-state index in [1.165, 1.54) is 0 Å². The fourth-order valence-electron chi connectivity index (χ4n) is 1.91. The number of alkyl halides is 3. The monoisotopic (exact) mass is 353 g/mol. The minimum Gasteiger partial charge on any atom is -0.478 e. The van der Waals surface area contributed by atoms with E-state index < -0.39 is 49.7 Å². The molecule has 0 bridgehead atoms. The number of nitro benzene ring substituents is 1. The highest BCUT2D eigenvalue weighted by Gasteiger charge is 2.59. The Morgan fingerprint density at radius 3 is 2.35 bits per heavy atom. The van der Waals surface area contributed by atoms with Crippen molar-refractivity contribution >= 4 is 35.0 Å². The number of rotatable bonds is 3. The number of carbonyl (C=O) groups is 2. The molecule has 13 heteroatoms. The quantitative estimate of drug-likeness (QED) is 0.417. The lowest BCUT2D eigenvalue weighted by atomic mass is 10.1. The smallest absolute Gasteiger partial charge is 0.416 e. The average molecular weight is 353 g/mol. The van der Waals surface area contributed by atoms with Crippen LogP contribution in [0.4, 0.5) is 24.5 Å². The van der Waals surface area contributed by atoms with E-state index in [9.17, 15) is 38.1 Å². The number of carbonyl (C=O) groups excluding carboxylic acids is 1. The molecule has 0 saturated carbocycles. The molecule has 1 heterocycles. The number of anilines is 1. The molecule has 124 valence electrons. The van der Waals surface area contributed by atoms with E-state index in [0.717, 1.165) is 0 Å². The minimum atomic E-state index is -4.99. The predicted octanol–water partition coefficient (Wildman–Crippen LogP) is 1.18. The molecule has 1 atom stereocenters. The number of hydrogen-bond donors (Lipinski definition) is 3. The molecule has 9 nitrogen and oxygen atoms in total. The van der Waals surface area contributed by atoms with Gasteiger partial charge in [-0.05, 0) is 6.07 Å². The second-order valence-electron chi connectivity index (χ2n) is 4.33. The summed E-state index contributed by atoms with van der Waals surface area (Å²) in [5, 5.41) is 29.6. The number of thioether (sulfide) groups is 1. The Hall–Kier alpha value is -2.54. The second kappa shape index (κ2) is 4.99. The molecule has 0 fully saturated rings. The fourth-order valence-corrected chi connectivity index (χ4v) is 3.07. The van der Waals surface area contributed by atoms with Crippen LogP contribution in [-0.4, -0.2) is 32.0 Å². The van der Waals surface area contributed by atoms with E-state index in [0.29, 0.717) is 6.07 Å². The predicted molar refractivity (Wildman–Crippen MR) is 67.8 cm³/mol. The van der Waals surface area contributed by atoms with Gasteiger partial charge in [-0.25, -0.2) is 9.86 Å². The molecule has 1 aliphatic rings. The van der Waals surface area contributed by atoms with Gasteiger partial charge in [0, 0.05) is 6.07 Å². The molecule has 0 spiro atoms. The number of benzene rings is 1. The van der Waals surface area contributed by atoms with Crippen LogP contribution in [0.25, 0.3) is 0 Å². The van der Waals surface area contributed by atoms with Crippen LogP contribution < -0.4 is 10.8 Å². The standard InChI is InChI=1S/C10H6F3N3O6S/c11-10(12,13)3-1-4-6(5(2-3)16(21)22)23-9(7(14)17,8(18)19)15(4)20/h1-2,20H,(H2,14,17)(H,18,19). The lowest BCUT2D eigenvalue weighted by Gasteiger charge is -2.26. The first kappa shape index (κ1) is 16.8. The summed E-state index contributed by atoms with van der Waals surface area (Å²) in [5.41, 5.74) is 1.47. The SMILES string of the molecule is NC(=O)C1(C(=O)O)Sc2c(cc(C(F)(F)F)cc2[N+](=O)[O-])N1O. The maximum Gasteiger partial charge on any atom is 0.416 e.